The van der Waals surface area contributed by atoms with Crippen LogP contribution in [-0.2, 0) is 10.0 Å². The fourth-order valence-corrected chi connectivity index (χ4v) is 7.01. The molecule has 6 nitrogen and oxygen atoms in total. The molecule has 156 valence electrons. The van der Waals surface area contributed by atoms with Crippen LogP contribution >= 0.6 is 11.3 Å². The number of nitrogens with zero attached hydrogens (tertiary/aromatic N) is 3. The summed E-state index contributed by atoms with van der Waals surface area (Å²) in [7, 11) is -3.55. The fraction of sp³-hybridized carbons (Fsp3) is 0.364. The second-order valence-electron chi connectivity index (χ2n) is 7.82. The predicted molar refractivity (Wildman–Crippen MR) is 117 cm³/mol. The number of hydrogen-bond acceptors (Lipinski definition) is 5. The number of sulfonamides is 1. The molecule has 2 aromatic carbocycles. The molecular weight excluding hydrogens is 418 g/mol. The summed E-state index contributed by atoms with van der Waals surface area (Å²) in [5, 5.41) is 0.947. The monoisotopic (exact) mass is 441 g/mol. The summed E-state index contributed by atoms with van der Waals surface area (Å²) in [5.41, 5.74) is 1.37. The third kappa shape index (κ3) is 3.42. The van der Waals surface area contributed by atoms with Crippen molar-refractivity contribution in [3.8, 4) is 0 Å². The minimum absolute atomic E-state index is 0.0613. The molecule has 5 rings (SSSR count). The van der Waals surface area contributed by atoms with E-state index in [9.17, 15) is 13.2 Å². The highest BCUT2D eigenvalue weighted by Gasteiger charge is 2.34. The van der Waals surface area contributed by atoms with Crippen LogP contribution in [0.3, 0.4) is 0 Å². The zero-order valence-electron chi connectivity index (χ0n) is 16.5. The van der Waals surface area contributed by atoms with Crippen LogP contribution in [0.1, 0.15) is 47.1 Å². The maximum Gasteiger partial charge on any atom is 0.254 e. The Kier molecular flexibility index (Phi) is 5.08. The lowest BCUT2D eigenvalue weighted by Crippen LogP contribution is -2.31. The van der Waals surface area contributed by atoms with Gasteiger partial charge < -0.3 is 4.90 Å². The average Bonchev–Trinajstić information content (AvgIpc) is 3.53. The molecule has 0 radical (unpaired) electrons. The van der Waals surface area contributed by atoms with Crippen molar-refractivity contribution >= 4 is 37.5 Å². The number of fused-ring (bicyclic) bond motifs is 1. The summed E-state index contributed by atoms with van der Waals surface area (Å²) in [6.45, 7) is 1.75. The standard InChI is InChI=1S/C22H23N3O3S2/c26-22(16-7-5-8-17(15-16)30(27,28)24-12-3-4-13-24)25-14-6-10-19(25)21-23-18-9-1-2-11-20(18)29-21/h1-2,5,7-9,11,15,19H,3-4,6,10,12-14H2. The lowest BCUT2D eigenvalue weighted by atomic mass is 10.1. The van der Waals surface area contributed by atoms with Gasteiger partial charge in [-0.2, -0.15) is 4.31 Å². The van der Waals surface area contributed by atoms with Gasteiger partial charge in [0.2, 0.25) is 10.0 Å². The highest BCUT2D eigenvalue weighted by Crippen LogP contribution is 2.37. The van der Waals surface area contributed by atoms with Crippen LogP contribution in [0.25, 0.3) is 10.2 Å². The topological polar surface area (TPSA) is 70.6 Å². The first-order valence-electron chi connectivity index (χ1n) is 10.3. The number of aromatic nitrogens is 1. The average molecular weight is 442 g/mol. The summed E-state index contributed by atoms with van der Waals surface area (Å²) in [6, 6.07) is 14.4. The van der Waals surface area contributed by atoms with Gasteiger partial charge in [0.15, 0.2) is 0 Å². The van der Waals surface area contributed by atoms with Crippen molar-refractivity contribution in [1.29, 1.82) is 0 Å². The number of carbonyl (C=O) groups excluding carboxylic acids is 1. The van der Waals surface area contributed by atoms with Crippen LogP contribution in [0.5, 0.6) is 0 Å². The number of likely N-dealkylation sites (tertiary alicyclic amines) is 1. The van der Waals surface area contributed by atoms with E-state index in [0.717, 1.165) is 40.9 Å². The Balaban J connectivity index is 1.44. The van der Waals surface area contributed by atoms with Crippen molar-refractivity contribution in [2.45, 2.75) is 36.6 Å². The molecule has 8 heteroatoms. The van der Waals surface area contributed by atoms with Crippen molar-refractivity contribution in [1.82, 2.24) is 14.2 Å². The molecule has 3 aromatic rings. The van der Waals surface area contributed by atoms with E-state index in [1.807, 2.05) is 29.2 Å². The van der Waals surface area contributed by atoms with E-state index in [1.54, 1.807) is 29.5 Å². The molecule has 3 heterocycles. The van der Waals surface area contributed by atoms with E-state index in [2.05, 4.69) is 0 Å². The quantitative estimate of drug-likeness (QED) is 0.612. The Morgan fingerprint density at radius 2 is 1.80 bits per heavy atom. The van der Waals surface area contributed by atoms with Crippen LogP contribution < -0.4 is 0 Å². The van der Waals surface area contributed by atoms with Gasteiger partial charge in [0, 0.05) is 25.2 Å². The Hall–Kier alpha value is -2.29. The van der Waals surface area contributed by atoms with Crippen molar-refractivity contribution in [3.63, 3.8) is 0 Å². The summed E-state index contributed by atoms with van der Waals surface area (Å²) < 4.78 is 28.4. The van der Waals surface area contributed by atoms with E-state index in [-0.39, 0.29) is 16.8 Å². The van der Waals surface area contributed by atoms with E-state index < -0.39 is 10.0 Å². The van der Waals surface area contributed by atoms with Crippen LogP contribution in [0.15, 0.2) is 53.4 Å². The number of benzene rings is 2. The van der Waals surface area contributed by atoms with Crippen LogP contribution in [0.2, 0.25) is 0 Å². The Morgan fingerprint density at radius 3 is 2.60 bits per heavy atom. The lowest BCUT2D eigenvalue weighted by Gasteiger charge is -2.23. The third-order valence-corrected chi connectivity index (χ3v) is 8.93. The molecule has 0 saturated carbocycles. The van der Waals surface area contributed by atoms with Crippen molar-refractivity contribution in [2.75, 3.05) is 19.6 Å². The molecule has 2 aliphatic heterocycles. The smallest absolute Gasteiger partial charge is 0.254 e. The van der Waals surface area contributed by atoms with Gasteiger partial charge in [0.25, 0.3) is 5.91 Å². The van der Waals surface area contributed by atoms with Crippen molar-refractivity contribution in [3.05, 3.63) is 59.1 Å². The minimum atomic E-state index is -3.55. The molecule has 0 aliphatic carbocycles. The minimum Gasteiger partial charge on any atom is -0.329 e. The maximum atomic E-state index is 13.3. The molecule has 2 fully saturated rings. The molecule has 0 bridgehead atoms. The Labute approximate surface area is 180 Å². The molecular formula is C22H23N3O3S2. The fourth-order valence-electron chi connectivity index (χ4n) is 4.33. The van der Waals surface area contributed by atoms with Gasteiger partial charge in [0.05, 0.1) is 21.2 Å². The number of para-hydroxylation sites is 1. The largest absolute Gasteiger partial charge is 0.329 e. The van der Waals surface area contributed by atoms with Crippen molar-refractivity contribution < 1.29 is 13.2 Å². The van der Waals surface area contributed by atoms with Gasteiger partial charge in [-0.1, -0.05) is 18.2 Å². The van der Waals surface area contributed by atoms with Crippen LogP contribution in [0, 0.1) is 0 Å². The number of amides is 1. The van der Waals surface area contributed by atoms with Gasteiger partial charge >= 0.3 is 0 Å². The first-order chi connectivity index (χ1) is 14.5. The first-order valence-corrected chi connectivity index (χ1v) is 12.6. The highest BCUT2D eigenvalue weighted by molar-refractivity contribution is 7.89. The second-order valence-corrected chi connectivity index (χ2v) is 10.8. The maximum absolute atomic E-state index is 13.3. The molecule has 2 saturated heterocycles. The predicted octanol–water partition coefficient (Wildman–Crippen LogP) is 4.06. The molecule has 0 spiro atoms. The SMILES string of the molecule is O=C(c1cccc(S(=O)(=O)N2CCCC2)c1)N1CCCC1c1nc2ccccc2s1. The van der Waals surface area contributed by atoms with Crippen molar-refractivity contribution in [2.24, 2.45) is 0 Å². The highest BCUT2D eigenvalue weighted by atomic mass is 32.2. The number of thiazole rings is 1. The molecule has 0 N–H and O–H groups in total. The molecule has 1 amide bonds. The van der Waals surface area contributed by atoms with E-state index >= 15 is 0 Å². The van der Waals surface area contributed by atoms with Gasteiger partial charge in [-0.15, -0.1) is 11.3 Å². The normalized spacial score (nSPS) is 20.3. The zero-order valence-corrected chi connectivity index (χ0v) is 18.2. The summed E-state index contributed by atoms with van der Waals surface area (Å²) in [4.78, 5) is 20.1. The molecule has 1 aromatic heterocycles. The number of hydrogen-bond donors (Lipinski definition) is 0. The molecule has 1 unspecified atom stereocenters. The molecule has 1 atom stereocenters. The Morgan fingerprint density at radius 1 is 1.00 bits per heavy atom. The van der Waals surface area contributed by atoms with E-state index in [1.165, 1.54) is 10.4 Å². The van der Waals surface area contributed by atoms with Gasteiger partial charge in [-0.05, 0) is 56.0 Å². The van der Waals surface area contributed by atoms with Crippen LogP contribution in [0.4, 0.5) is 0 Å². The van der Waals surface area contributed by atoms with Gasteiger partial charge in [-0.25, -0.2) is 13.4 Å². The Bertz CT molecular complexity index is 1170. The van der Waals surface area contributed by atoms with Gasteiger partial charge in [0.1, 0.15) is 5.01 Å². The zero-order chi connectivity index (χ0) is 20.7. The molecule has 2 aliphatic rings. The summed E-state index contributed by atoms with van der Waals surface area (Å²) >= 11 is 1.63. The second kappa shape index (κ2) is 7.76. The molecule has 30 heavy (non-hydrogen) atoms. The summed E-state index contributed by atoms with van der Waals surface area (Å²) in [5.74, 6) is -0.129. The summed E-state index contributed by atoms with van der Waals surface area (Å²) in [6.07, 6.45) is 3.56. The number of carbonyl (C=O) groups is 1. The third-order valence-electron chi connectivity index (χ3n) is 5.89. The first kappa shape index (κ1) is 19.7. The van der Waals surface area contributed by atoms with E-state index in [4.69, 9.17) is 4.98 Å². The van der Waals surface area contributed by atoms with Gasteiger partial charge in [-0.3, -0.25) is 4.79 Å². The van der Waals surface area contributed by atoms with E-state index in [0.29, 0.717) is 25.2 Å². The number of rotatable bonds is 4. The van der Waals surface area contributed by atoms with Crippen LogP contribution in [-0.4, -0.2) is 48.1 Å². The lowest BCUT2D eigenvalue weighted by molar-refractivity contribution is 0.0735.